The van der Waals surface area contributed by atoms with Crippen LogP contribution in [0.25, 0.3) is 11.2 Å². The highest BCUT2D eigenvalue weighted by molar-refractivity contribution is 5.98. The number of nitrogens with one attached hydrogen (secondary N) is 2. The van der Waals surface area contributed by atoms with Crippen molar-refractivity contribution in [1.82, 2.24) is 24.8 Å². The number of amides is 2. The Bertz CT molecular complexity index is 1820. The number of piperidine rings is 1. The summed E-state index contributed by atoms with van der Waals surface area (Å²) in [6.45, 7) is 3.51. The molecule has 0 aliphatic carbocycles. The summed E-state index contributed by atoms with van der Waals surface area (Å²) < 4.78 is 0. The molecule has 4 heterocycles. The molecule has 0 spiro atoms. The molecule has 5 rings (SSSR count). The first kappa shape index (κ1) is 45.8. The fraction of sp³-hybridized carbons (Fsp3) is 0.632. The van der Waals surface area contributed by atoms with E-state index in [1.807, 2.05) is 26.0 Å². The number of H-pyrrole nitrogens is 1. The SMILES string of the molecule is CCN1c2ccc(C(=O)N3CCC(CN(C[C@H](O)[C@@H](O)[C@H](O)[C@H](O)CO)C[C@H](O)[C@@H](O)[C@H](O)[C@H](O)CO)CC3)cc2N(CC)C1CC(=O)Nc1nc2cc[nH]c2nc1N. The van der Waals surface area contributed by atoms with E-state index in [0.29, 0.717) is 55.7 Å². The second-order valence-corrected chi connectivity index (χ2v) is 15.2. The Morgan fingerprint density at radius 1 is 0.831 bits per heavy atom. The zero-order valence-electron chi connectivity index (χ0n) is 33.2. The minimum Gasteiger partial charge on any atom is -0.394 e. The Labute approximate surface area is 340 Å². The van der Waals surface area contributed by atoms with Gasteiger partial charge in [-0.2, -0.15) is 0 Å². The van der Waals surface area contributed by atoms with Crippen LogP contribution in [0.3, 0.4) is 0 Å². The maximum Gasteiger partial charge on any atom is 0.253 e. The minimum absolute atomic E-state index is 0.0822. The van der Waals surface area contributed by atoms with Gasteiger partial charge in [0.05, 0.1) is 43.2 Å². The lowest BCUT2D eigenvalue weighted by atomic mass is 9.94. The second kappa shape index (κ2) is 20.3. The van der Waals surface area contributed by atoms with Gasteiger partial charge in [0.2, 0.25) is 5.91 Å². The van der Waals surface area contributed by atoms with Crippen LogP contribution in [0.5, 0.6) is 0 Å². The number of aromatic nitrogens is 3. The van der Waals surface area contributed by atoms with E-state index in [9.17, 15) is 50.4 Å². The molecular weight excluding hydrogens is 774 g/mol. The van der Waals surface area contributed by atoms with Gasteiger partial charge in [0.15, 0.2) is 17.3 Å². The lowest BCUT2D eigenvalue weighted by Gasteiger charge is -2.38. The highest BCUT2D eigenvalue weighted by Gasteiger charge is 2.38. The average molecular weight is 834 g/mol. The number of fused-ring (bicyclic) bond motifs is 2. The van der Waals surface area contributed by atoms with Crippen LogP contribution in [0.1, 0.15) is 43.5 Å². The number of carbonyl (C=O) groups is 2. The Morgan fingerprint density at radius 3 is 1.95 bits per heavy atom. The lowest BCUT2D eigenvalue weighted by molar-refractivity contribution is -0.131. The van der Waals surface area contributed by atoms with Gasteiger partial charge in [-0.15, -0.1) is 0 Å². The molecule has 0 bridgehead atoms. The molecule has 0 saturated carbocycles. The third-order valence-corrected chi connectivity index (χ3v) is 11.2. The molecule has 2 aliphatic heterocycles. The molecule has 1 aromatic carbocycles. The first-order chi connectivity index (χ1) is 28.1. The number of nitrogen functional groups attached to an aromatic ring is 1. The van der Waals surface area contributed by atoms with Crippen LogP contribution in [0.2, 0.25) is 0 Å². The summed E-state index contributed by atoms with van der Waals surface area (Å²) in [4.78, 5) is 46.3. The van der Waals surface area contributed by atoms with Crippen molar-refractivity contribution in [3.05, 3.63) is 36.0 Å². The van der Waals surface area contributed by atoms with Crippen LogP contribution in [0.4, 0.5) is 23.0 Å². The Morgan fingerprint density at radius 2 is 1.39 bits per heavy atom. The number of hydrogen-bond donors (Lipinski definition) is 13. The molecule has 1 fully saturated rings. The molecule has 1 unspecified atom stereocenters. The molecule has 21 heteroatoms. The second-order valence-electron chi connectivity index (χ2n) is 15.2. The van der Waals surface area contributed by atoms with Crippen molar-refractivity contribution in [1.29, 1.82) is 0 Å². The summed E-state index contributed by atoms with van der Waals surface area (Å²) in [5.74, 6) is -0.348. The molecule has 2 amide bonds. The fourth-order valence-corrected chi connectivity index (χ4v) is 7.89. The number of anilines is 4. The van der Waals surface area contributed by atoms with E-state index >= 15 is 0 Å². The Kier molecular flexibility index (Phi) is 15.8. The van der Waals surface area contributed by atoms with Gasteiger partial charge in [-0.05, 0) is 56.9 Å². The van der Waals surface area contributed by atoms with Crippen LogP contribution < -0.4 is 20.9 Å². The minimum atomic E-state index is -1.89. The largest absolute Gasteiger partial charge is 0.394 e. The molecule has 3 aromatic rings. The van der Waals surface area contributed by atoms with Gasteiger partial charge in [0.25, 0.3) is 5.91 Å². The van der Waals surface area contributed by atoms with Crippen LogP contribution in [0.15, 0.2) is 30.5 Å². The van der Waals surface area contributed by atoms with Gasteiger partial charge in [0.1, 0.15) is 48.3 Å². The number of aliphatic hydroxyl groups excluding tert-OH is 10. The average Bonchev–Trinajstić information content (AvgIpc) is 3.81. The third kappa shape index (κ3) is 10.6. The van der Waals surface area contributed by atoms with Gasteiger partial charge in [-0.25, -0.2) is 9.97 Å². The predicted molar refractivity (Wildman–Crippen MR) is 215 cm³/mol. The first-order valence-corrected chi connectivity index (χ1v) is 19.9. The summed E-state index contributed by atoms with van der Waals surface area (Å²) in [6, 6.07) is 7.21. The number of carbonyl (C=O) groups excluding carboxylic acids is 2. The zero-order chi connectivity index (χ0) is 43.1. The van der Waals surface area contributed by atoms with E-state index in [2.05, 4.69) is 30.1 Å². The quantitative estimate of drug-likeness (QED) is 0.0527. The van der Waals surface area contributed by atoms with E-state index < -0.39 is 62.0 Å². The van der Waals surface area contributed by atoms with Crippen molar-refractivity contribution < 1.29 is 60.7 Å². The molecule has 9 atom stereocenters. The van der Waals surface area contributed by atoms with Crippen molar-refractivity contribution in [3.8, 4) is 0 Å². The topological polar surface area (TPSA) is 329 Å². The van der Waals surface area contributed by atoms with Gasteiger partial charge in [-0.1, -0.05) is 0 Å². The summed E-state index contributed by atoms with van der Waals surface area (Å²) in [6.07, 6.45) is -12.0. The van der Waals surface area contributed by atoms with E-state index in [1.165, 1.54) is 4.90 Å². The fourth-order valence-electron chi connectivity index (χ4n) is 7.89. The highest BCUT2D eigenvalue weighted by atomic mass is 16.4. The normalized spacial score (nSPS) is 20.3. The van der Waals surface area contributed by atoms with E-state index in [1.54, 1.807) is 23.2 Å². The van der Waals surface area contributed by atoms with Crippen molar-refractivity contribution in [2.24, 2.45) is 5.92 Å². The molecule has 1 saturated heterocycles. The Hall–Kier alpha value is -4.26. The van der Waals surface area contributed by atoms with Crippen LogP contribution in [-0.4, -0.2) is 202 Å². The molecule has 0 radical (unpaired) electrons. The molecule has 2 aromatic heterocycles. The Balaban J connectivity index is 1.23. The van der Waals surface area contributed by atoms with Crippen molar-refractivity contribution in [2.45, 2.75) is 88.1 Å². The molecular formula is C38H59N9O12. The predicted octanol–water partition coefficient (Wildman–Crippen LogP) is -3.41. The van der Waals surface area contributed by atoms with Gasteiger partial charge < -0.3 is 81.8 Å². The van der Waals surface area contributed by atoms with Crippen molar-refractivity contribution in [2.75, 3.05) is 79.9 Å². The summed E-state index contributed by atoms with van der Waals surface area (Å²) in [5, 5.41) is 103. The van der Waals surface area contributed by atoms with E-state index in [-0.39, 0.29) is 61.6 Å². The maximum absolute atomic E-state index is 13.9. The number of hydrogen-bond acceptors (Lipinski definition) is 18. The highest BCUT2D eigenvalue weighted by Crippen LogP contribution is 2.41. The number of aromatic amines is 1. The third-order valence-electron chi connectivity index (χ3n) is 11.2. The van der Waals surface area contributed by atoms with Crippen LogP contribution in [0, 0.1) is 5.92 Å². The van der Waals surface area contributed by atoms with Gasteiger partial charge in [0, 0.05) is 57.6 Å². The summed E-state index contributed by atoms with van der Waals surface area (Å²) in [7, 11) is 0. The van der Waals surface area contributed by atoms with Crippen molar-refractivity contribution >= 4 is 46.0 Å². The van der Waals surface area contributed by atoms with Gasteiger partial charge >= 0.3 is 0 Å². The molecule has 328 valence electrons. The number of benzene rings is 1. The number of likely N-dealkylation sites (tertiary alicyclic amines) is 1. The van der Waals surface area contributed by atoms with Crippen LogP contribution >= 0.6 is 0 Å². The standard InChI is InChI=1S/C38H59N9O12/c1-3-46-23-6-5-21(13-24(23)47(4-2)30(46)14-29(54)42-37-35(39)43-36-22(41-37)7-10-40-36)38(59)45-11-8-20(9-12-45)15-44(16-25(50)31(55)33(57)27(52)18-48)17-26(51)32(56)34(58)28(53)19-49/h5-7,10,13,20,25-28,30-34,48-53,55-58H,3-4,8-9,11-12,14-19H2,1-2H3,(H3,39,40,43)(H,41,42,54)/t25-,26-,27+,28+,30?,31+,32+,33+,34+/m0/s1. The number of nitrogens with two attached hydrogens (primary N) is 1. The molecule has 14 N–H and O–H groups in total. The maximum atomic E-state index is 13.9. The van der Waals surface area contributed by atoms with Gasteiger partial charge in [-0.3, -0.25) is 14.5 Å². The first-order valence-electron chi connectivity index (χ1n) is 19.9. The van der Waals surface area contributed by atoms with Crippen LogP contribution in [-0.2, 0) is 4.79 Å². The number of nitrogens with zero attached hydrogens (tertiary/aromatic N) is 6. The van der Waals surface area contributed by atoms with E-state index in [0.717, 1.165) is 11.4 Å². The smallest absolute Gasteiger partial charge is 0.253 e. The summed E-state index contributed by atoms with van der Waals surface area (Å²) in [5.41, 5.74) is 9.30. The number of aliphatic hydroxyl groups is 10. The molecule has 2 aliphatic rings. The van der Waals surface area contributed by atoms with Crippen molar-refractivity contribution in [3.63, 3.8) is 0 Å². The van der Waals surface area contributed by atoms with E-state index in [4.69, 9.17) is 15.9 Å². The summed E-state index contributed by atoms with van der Waals surface area (Å²) >= 11 is 0. The lowest BCUT2D eigenvalue weighted by Crippen LogP contribution is -2.54. The zero-order valence-corrected chi connectivity index (χ0v) is 33.2. The molecule has 21 nitrogen and oxygen atoms in total. The molecule has 59 heavy (non-hydrogen) atoms. The monoisotopic (exact) mass is 833 g/mol. The number of rotatable bonds is 20.